The highest BCUT2D eigenvalue weighted by Gasteiger charge is 2.16. The number of benzene rings is 1. The fourth-order valence-corrected chi connectivity index (χ4v) is 2.80. The zero-order valence-electron chi connectivity index (χ0n) is 15.4. The number of aromatic nitrogens is 2. The van der Waals surface area contributed by atoms with Crippen LogP contribution in [0.1, 0.15) is 10.4 Å². The number of carbonyl (C=O) groups excluding carboxylic acids is 1. The van der Waals surface area contributed by atoms with Crippen molar-refractivity contribution in [2.45, 2.75) is 0 Å². The summed E-state index contributed by atoms with van der Waals surface area (Å²) in [6.45, 7) is 1.24. The highest BCUT2D eigenvalue weighted by Crippen LogP contribution is 2.23. The van der Waals surface area contributed by atoms with Gasteiger partial charge in [-0.05, 0) is 32.3 Å². The lowest BCUT2D eigenvalue weighted by atomic mass is 10.1. The first-order valence-electron chi connectivity index (χ1n) is 8.32. The molecule has 0 atom stereocenters. The van der Waals surface area contributed by atoms with E-state index in [1.807, 2.05) is 31.1 Å². The maximum Gasteiger partial charge on any atom is 0.259 e. The lowest BCUT2D eigenvalue weighted by Gasteiger charge is -2.13. The van der Waals surface area contributed by atoms with Gasteiger partial charge in [0.25, 0.3) is 11.5 Å². The SMILES string of the molecule is COc1ccc2cc3c(=O)n(C)cc(C(=O)NCCN(C)C)c3nc2c1. The standard InChI is InChI=1S/C19H22N4O3/c1-22(2)8-7-20-18(24)15-11-23(3)19(25)14-9-12-5-6-13(26-4)10-16(12)21-17(14)15/h5-6,9-11H,7-8H2,1-4H3,(H,20,24). The molecule has 0 aliphatic heterocycles. The Morgan fingerprint density at radius 1 is 1.31 bits per heavy atom. The number of pyridine rings is 2. The fraction of sp³-hybridized carbons (Fsp3) is 0.316. The number of ether oxygens (including phenoxy) is 1. The number of fused-ring (bicyclic) bond motifs is 2. The summed E-state index contributed by atoms with van der Waals surface area (Å²) in [5.41, 5.74) is 1.27. The first-order valence-corrected chi connectivity index (χ1v) is 8.32. The minimum absolute atomic E-state index is 0.185. The van der Waals surface area contributed by atoms with Crippen LogP contribution in [-0.4, -0.2) is 54.7 Å². The maximum absolute atomic E-state index is 12.7. The lowest BCUT2D eigenvalue weighted by Crippen LogP contribution is -2.32. The van der Waals surface area contributed by atoms with Crippen LogP contribution in [-0.2, 0) is 7.05 Å². The molecule has 0 saturated heterocycles. The normalized spacial score (nSPS) is 11.3. The molecule has 136 valence electrons. The van der Waals surface area contributed by atoms with Gasteiger partial charge in [0.15, 0.2) is 0 Å². The smallest absolute Gasteiger partial charge is 0.259 e. The van der Waals surface area contributed by atoms with Gasteiger partial charge in [0.2, 0.25) is 0 Å². The highest BCUT2D eigenvalue weighted by molar-refractivity contribution is 6.07. The molecule has 7 nitrogen and oxygen atoms in total. The molecule has 2 aromatic heterocycles. The number of nitrogens with one attached hydrogen (secondary N) is 1. The summed E-state index contributed by atoms with van der Waals surface area (Å²) in [6, 6.07) is 7.23. The fourth-order valence-electron chi connectivity index (χ4n) is 2.80. The first kappa shape index (κ1) is 17.9. The topological polar surface area (TPSA) is 76.5 Å². The van der Waals surface area contributed by atoms with Crippen molar-refractivity contribution in [1.82, 2.24) is 19.8 Å². The van der Waals surface area contributed by atoms with E-state index in [9.17, 15) is 9.59 Å². The third-order valence-electron chi connectivity index (χ3n) is 4.24. The van der Waals surface area contributed by atoms with Gasteiger partial charge >= 0.3 is 0 Å². The molecule has 0 spiro atoms. The second-order valence-corrected chi connectivity index (χ2v) is 6.46. The third-order valence-corrected chi connectivity index (χ3v) is 4.24. The summed E-state index contributed by atoms with van der Waals surface area (Å²) >= 11 is 0. The Morgan fingerprint density at radius 2 is 2.08 bits per heavy atom. The van der Waals surface area contributed by atoms with Crippen molar-refractivity contribution in [2.24, 2.45) is 7.05 Å². The van der Waals surface area contributed by atoms with Gasteiger partial charge in [-0.25, -0.2) is 4.98 Å². The molecule has 3 rings (SSSR count). The van der Waals surface area contributed by atoms with Crippen LogP contribution in [0.25, 0.3) is 21.8 Å². The Morgan fingerprint density at radius 3 is 2.77 bits per heavy atom. The minimum Gasteiger partial charge on any atom is -0.497 e. The summed E-state index contributed by atoms with van der Waals surface area (Å²) in [5, 5.41) is 4.12. The summed E-state index contributed by atoms with van der Waals surface area (Å²) in [7, 11) is 7.10. The summed E-state index contributed by atoms with van der Waals surface area (Å²) in [4.78, 5) is 31.8. The summed E-state index contributed by atoms with van der Waals surface area (Å²) in [5.74, 6) is 0.423. The van der Waals surface area contributed by atoms with Gasteiger partial charge in [0.1, 0.15) is 5.75 Å². The van der Waals surface area contributed by atoms with Crippen LogP contribution in [0, 0.1) is 0 Å². The number of likely N-dealkylation sites (N-methyl/N-ethyl adjacent to an activating group) is 1. The van der Waals surface area contributed by atoms with Crippen molar-refractivity contribution in [3.05, 3.63) is 46.4 Å². The van der Waals surface area contributed by atoms with Gasteiger partial charge in [0.05, 0.1) is 29.1 Å². The van der Waals surface area contributed by atoms with E-state index >= 15 is 0 Å². The predicted octanol–water partition coefficient (Wildman–Crippen LogP) is 1.39. The van der Waals surface area contributed by atoms with Crippen LogP contribution in [0.15, 0.2) is 35.3 Å². The molecule has 1 N–H and O–H groups in total. The third kappa shape index (κ3) is 3.39. The van der Waals surface area contributed by atoms with Crippen LogP contribution in [0.4, 0.5) is 0 Å². The predicted molar refractivity (Wildman–Crippen MR) is 102 cm³/mol. The number of rotatable bonds is 5. The van der Waals surface area contributed by atoms with E-state index in [2.05, 4.69) is 10.3 Å². The monoisotopic (exact) mass is 354 g/mol. The van der Waals surface area contributed by atoms with Gasteiger partial charge in [-0.15, -0.1) is 0 Å². The molecule has 0 fully saturated rings. The van der Waals surface area contributed by atoms with Crippen LogP contribution in [0.2, 0.25) is 0 Å². The molecule has 2 heterocycles. The van der Waals surface area contributed by atoms with E-state index in [0.717, 1.165) is 11.9 Å². The van der Waals surface area contributed by atoms with Crippen molar-refractivity contribution >= 4 is 27.7 Å². The van der Waals surface area contributed by atoms with E-state index in [0.29, 0.717) is 34.3 Å². The van der Waals surface area contributed by atoms with E-state index in [4.69, 9.17) is 4.74 Å². The average molecular weight is 354 g/mol. The van der Waals surface area contributed by atoms with E-state index < -0.39 is 0 Å². The molecular weight excluding hydrogens is 332 g/mol. The summed E-state index contributed by atoms with van der Waals surface area (Å²) in [6.07, 6.45) is 1.54. The quantitative estimate of drug-likeness (QED) is 0.701. The molecule has 1 aromatic carbocycles. The van der Waals surface area contributed by atoms with Crippen molar-refractivity contribution in [1.29, 1.82) is 0 Å². The number of aryl methyl sites for hydroxylation is 1. The van der Waals surface area contributed by atoms with Crippen LogP contribution >= 0.6 is 0 Å². The van der Waals surface area contributed by atoms with Gasteiger partial charge in [0, 0.05) is 37.8 Å². The summed E-state index contributed by atoms with van der Waals surface area (Å²) < 4.78 is 6.66. The second-order valence-electron chi connectivity index (χ2n) is 6.46. The largest absolute Gasteiger partial charge is 0.497 e. The number of methoxy groups -OCH3 is 1. The van der Waals surface area contributed by atoms with Crippen molar-refractivity contribution in [3.63, 3.8) is 0 Å². The van der Waals surface area contributed by atoms with Gasteiger partial charge in [-0.2, -0.15) is 0 Å². The molecule has 7 heteroatoms. The zero-order valence-corrected chi connectivity index (χ0v) is 15.4. The highest BCUT2D eigenvalue weighted by atomic mass is 16.5. The number of amides is 1. The van der Waals surface area contributed by atoms with Gasteiger partial charge in [-0.1, -0.05) is 0 Å². The maximum atomic E-state index is 12.7. The van der Waals surface area contributed by atoms with Crippen LogP contribution in [0.5, 0.6) is 5.75 Å². The Bertz CT molecular complexity index is 1040. The van der Waals surface area contributed by atoms with E-state index in [1.54, 1.807) is 26.3 Å². The molecule has 0 radical (unpaired) electrons. The lowest BCUT2D eigenvalue weighted by molar-refractivity contribution is 0.0952. The molecule has 0 saturated carbocycles. The minimum atomic E-state index is -0.248. The molecule has 0 aliphatic rings. The molecule has 0 aliphatic carbocycles. The van der Waals surface area contributed by atoms with Gasteiger partial charge in [-0.3, -0.25) is 9.59 Å². The van der Waals surface area contributed by atoms with Crippen molar-refractivity contribution in [3.8, 4) is 5.75 Å². The Labute approximate surface area is 151 Å². The second kappa shape index (κ2) is 7.13. The molecule has 26 heavy (non-hydrogen) atoms. The number of hydrogen-bond donors (Lipinski definition) is 1. The van der Waals surface area contributed by atoms with Gasteiger partial charge < -0.3 is 19.5 Å². The Balaban J connectivity index is 2.15. The molecule has 3 aromatic rings. The number of nitrogens with zero attached hydrogens (tertiary/aromatic N) is 3. The van der Waals surface area contributed by atoms with E-state index in [1.165, 1.54) is 10.8 Å². The Kier molecular flexibility index (Phi) is 4.90. The molecule has 0 bridgehead atoms. The Hall–Kier alpha value is -2.93. The molecule has 1 amide bonds. The zero-order chi connectivity index (χ0) is 18.8. The first-order chi connectivity index (χ1) is 12.4. The van der Waals surface area contributed by atoms with Crippen molar-refractivity contribution < 1.29 is 9.53 Å². The number of carbonyl (C=O) groups is 1. The molecule has 0 unspecified atom stereocenters. The van der Waals surface area contributed by atoms with Crippen molar-refractivity contribution in [2.75, 3.05) is 34.3 Å². The van der Waals surface area contributed by atoms with Crippen LogP contribution < -0.4 is 15.6 Å². The van der Waals surface area contributed by atoms with E-state index in [-0.39, 0.29) is 11.5 Å². The van der Waals surface area contributed by atoms with Crippen LogP contribution in [0.3, 0.4) is 0 Å². The number of hydrogen-bond acceptors (Lipinski definition) is 5. The molecular formula is C19H22N4O3. The average Bonchev–Trinajstić information content (AvgIpc) is 2.62.